The molecule has 7 heteroatoms. The third-order valence-electron chi connectivity index (χ3n) is 5.40. The van der Waals surface area contributed by atoms with E-state index in [1.54, 1.807) is 0 Å². The van der Waals surface area contributed by atoms with Crippen molar-refractivity contribution in [2.45, 2.75) is 37.8 Å². The first kappa shape index (κ1) is 19.9. The Morgan fingerprint density at radius 3 is 2.34 bits per heavy atom. The highest BCUT2D eigenvalue weighted by atomic mass is 79.9. The maximum Gasteiger partial charge on any atom is 0.418 e. The van der Waals surface area contributed by atoms with Crippen molar-refractivity contribution in [1.82, 2.24) is 0 Å². The van der Waals surface area contributed by atoms with Crippen LogP contribution in [0.3, 0.4) is 0 Å². The van der Waals surface area contributed by atoms with Crippen LogP contribution in [-0.4, -0.2) is 11.7 Å². The maximum atomic E-state index is 13.6. The van der Waals surface area contributed by atoms with Gasteiger partial charge >= 0.3 is 6.18 Å². The molecule has 0 bridgehead atoms. The summed E-state index contributed by atoms with van der Waals surface area (Å²) in [7, 11) is 0. The van der Waals surface area contributed by atoms with Gasteiger partial charge in [0.1, 0.15) is 0 Å². The van der Waals surface area contributed by atoms with Crippen LogP contribution in [0.1, 0.15) is 42.7 Å². The summed E-state index contributed by atoms with van der Waals surface area (Å²) in [5, 5.41) is 0. The minimum Gasteiger partial charge on any atom is -0.294 e. The zero-order valence-electron chi connectivity index (χ0n) is 15.3. The van der Waals surface area contributed by atoms with E-state index in [1.165, 1.54) is 18.2 Å². The molecule has 2 aromatic carbocycles. The normalized spacial score (nSPS) is 20.1. The number of carbonyl (C=O) groups is 2. The fraction of sp³-hybridized carbons (Fsp3) is 0.273. The number of hydrogen-bond donors (Lipinski definition) is 0. The number of anilines is 1. The van der Waals surface area contributed by atoms with Gasteiger partial charge in [-0.2, -0.15) is 13.2 Å². The van der Waals surface area contributed by atoms with Crippen LogP contribution in [0.2, 0.25) is 0 Å². The first-order valence-electron chi connectivity index (χ1n) is 9.28. The van der Waals surface area contributed by atoms with Gasteiger partial charge in [-0.15, -0.1) is 0 Å². The average Bonchev–Trinajstić information content (AvgIpc) is 2.67. The molecule has 0 spiro atoms. The fourth-order valence-corrected chi connectivity index (χ4v) is 4.42. The topological polar surface area (TPSA) is 37.4 Å². The molecular formula is C22H17BrF3NO2. The second-order valence-electron chi connectivity index (χ2n) is 7.19. The zero-order valence-corrected chi connectivity index (χ0v) is 16.9. The van der Waals surface area contributed by atoms with Crippen LogP contribution in [0.4, 0.5) is 18.9 Å². The number of ketones is 1. The van der Waals surface area contributed by atoms with Crippen molar-refractivity contribution in [2.75, 3.05) is 4.90 Å². The largest absolute Gasteiger partial charge is 0.418 e. The van der Waals surface area contributed by atoms with E-state index >= 15 is 0 Å². The predicted octanol–water partition coefficient (Wildman–Crippen LogP) is 6.00. The number of amides is 1. The Bertz CT molecular complexity index is 1010. The molecule has 1 unspecified atom stereocenters. The number of rotatable bonds is 2. The molecular weight excluding hydrogens is 447 g/mol. The van der Waals surface area contributed by atoms with E-state index < -0.39 is 23.6 Å². The van der Waals surface area contributed by atoms with Crippen LogP contribution in [-0.2, 0) is 15.8 Å². The molecule has 1 aliphatic heterocycles. The quantitative estimate of drug-likeness (QED) is 0.547. The highest BCUT2D eigenvalue weighted by molar-refractivity contribution is 9.10. The Morgan fingerprint density at radius 2 is 1.66 bits per heavy atom. The van der Waals surface area contributed by atoms with Gasteiger partial charge in [0.15, 0.2) is 5.78 Å². The standard InChI is InChI=1S/C22H17BrF3NO2/c23-14-10-8-13(9-11-14)15-12-20(29)27(18-6-3-7-19(28)21(15)18)17-5-2-1-4-16(17)22(24,25)26/h1-2,4-5,8-11,15H,3,6-7,12H2. The van der Waals surface area contributed by atoms with Crippen LogP contribution < -0.4 is 4.90 Å². The summed E-state index contributed by atoms with van der Waals surface area (Å²) in [5.41, 5.74) is 0.604. The van der Waals surface area contributed by atoms with Crippen molar-refractivity contribution >= 4 is 33.3 Å². The molecule has 2 aromatic rings. The summed E-state index contributed by atoms with van der Waals surface area (Å²) in [6, 6.07) is 12.4. The SMILES string of the molecule is O=C1CCCC2=C1C(c1ccc(Br)cc1)CC(=O)N2c1ccccc1C(F)(F)F. The monoisotopic (exact) mass is 463 g/mol. The molecule has 0 aromatic heterocycles. The molecule has 1 atom stereocenters. The van der Waals surface area contributed by atoms with Crippen LogP contribution in [0.25, 0.3) is 0 Å². The zero-order chi connectivity index (χ0) is 20.8. The number of para-hydroxylation sites is 1. The maximum absolute atomic E-state index is 13.6. The van der Waals surface area contributed by atoms with Gasteiger partial charge in [-0.25, -0.2) is 0 Å². The number of hydrogen-bond acceptors (Lipinski definition) is 2. The summed E-state index contributed by atoms with van der Waals surface area (Å²) in [4.78, 5) is 27.0. The highest BCUT2D eigenvalue weighted by Crippen LogP contribution is 2.46. The first-order valence-corrected chi connectivity index (χ1v) is 10.1. The average molecular weight is 464 g/mol. The first-order chi connectivity index (χ1) is 13.8. The Labute approximate surface area is 174 Å². The van der Waals surface area contributed by atoms with Crippen LogP contribution in [0, 0.1) is 0 Å². The van der Waals surface area contributed by atoms with Gasteiger partial charge in [0.25, 0.3) is 0 Å². The third-order valence-corrected chi connectivity index (χ3v) is 5.93. The summed E-state index contributed by atoms with van der Waals surface area (Å²) in [6.07, 6.45) is -3.39. The molecule has 1 aliphatic carbocycles. The Hall–Kier alpha value is -2.41. The van der Waals surface area contributed by atoms with Gasteiger partial charge in [-0.05, 0) is 42.7 Å². The summed E-state index contributed by atoms with van der Waals surface area (Å²) < 4.78 is 41.6. The second kappa shape index (κ2) is 7.44. The molecule has 0 fully saturated rings. The molecule has 0 radical (unpaired) electrons. The molecule has 29 heavy (non-hydrogen) atoms. The lowest BCUT2D eigenvalue weighted by atomic mass is 9.77. The van der Waals surface area contributed by atoms with E-state index in [0.29, 0.717) is 30.5 Å². The van der Waals surface area contributed by atoms with Crippen molar-refractivity contribution in [3.63, 3.8) is 0 Å². The number of nitrogens with zero attached hydrogens (tertiary/aromatic N) is 1. The highest BCUT2D eigenvalue weighted by Gasteiger charge is 2.43. The molecule has 2 aliphatic rings. The molecule has 150 valence electrons. The van der Waals surface area contributed by atoms with Crippen LogP contribution in [0.5, 0.6) is 0 Å². The Balaban J connectivity index is 1.89. The third kappa shape index (κ3) is 3.64. The van der Waals surface area contributed by atoms with Gasteiger partial charge in [0.05, 0.1) is 11.3 Å². The van der Waals surface area contributed by atoms with Crippen molar-refractivity contribution in [3.8, 4) is 0 Å². The fourth-order valence-electron chi connectivity index (χ4n) is 4.16. The number of alkyl halides is 3. The van der Waals surface area contributed by atoms with E-state index in [2.05, 4.69) is 15.9 Å². The van der Waals surface area contributed by atoms with Crippen molar-refractivity contribution < 1.29 is 22.8 Å². The number of halogens is 4. The predicted molar refractivity (Wildman–Crippen MR) is 106 cm³/mol. The molecule has 1 amide bonds. The lowest BCUT2D eigenvalue weighted by Crippen LogP contribution is -2.41. The number of carbonyl (C=O) groups excluding carboxylic acids is 2. The van der Waals surface area contributed by atoms with Gasteiger partial charge in [-0.3, -0.25) is 14.5 Å². The molecule has 0 saturated heterocycles. The van der Waals surface area contributed by atoms with E-state index in [0.717, 1.165) is 21.0 Å². The summed E-state index contributed by atoms with van der Waals surface area (Å²) in [5.74, 6) is -0.961. The summed E-state index contributed by atoms with van der Waals surface area (Å²) in [6.45, 7) is 0. The van der Waals surface area contributed by atoms with E-state index in [4.69, 9.17) is 0 Å². The van der Waals surface area contributed by atoms with E-state index in [1.807, 2.05) is 24.3 Å². The smallest absolute Gasteiger partial charge is 0.294 e. The molecule has 0 saturated carbocycles. The second-order valence-corrected chi connectivity index (χ2v) is 8.11. The lowest BCUT2D eigenvalue weighted by molar-refractivity contribution is -0.137. The van der Waals surface area contributed by atoms with Crippen molar-refractivity contribution in [2.24, 2.45) is 0 Å². The van der Waals surface area contributed by atoms with Crippen molar-refractivity contribution in [3.05, 3.63) is 75.4 Å². The van der Waals surface area contributed by atoms with E-state index in [9.17, 15) is 22.8 Å². The molecule has 3 nitrogen and oxygen atoms in total. The number of benzene rings is 2. The van der Waals surface area contributed by atoms with Crippen LogP contribution >= 0.6 is 15.9 Å². The number of Topliss-reactive ketones (excluding diaryl/α,β-unsaturated/α-hetero) is 1. The van der Waals surface area contributed by atoms with Gasteiger partial charge in [0.2, 0.25) is 5.91 Å². The Kier molecular flexibility index (Phi) is 5.11. The minimum atomic E-state index is -4.60. The van der Waals surface area contributed by atoms with Gasteiger partial charge in [0, 0.05) is 34.5 Å². The van der Waals surface area contributed by atoms with Crippen LogP contribution in [0.15, 0.2) is 64.3 Å². The molecule has 4 rings (SSSR count). The minimum absolute atomic E-state index is 0.0433. The Morgan fingerprint density at radius 1 is 0.966 bits per heavy atom. The van der Waals surface area contributed by atoms with Gasteiger partial charge < -0.3 is 0 Å². The molecule has 1 heterocycles. The summed E-state index contributed by atoms with van der Waals surface area (Å²) >= 11 is 3.37. The molecule has 0 N–H and O–H groups in total. The number of allylic oxidation sites excluding steroid dienone is 2. The van der Waals surface area contributed by atoms with Crippen molar-refractivity contribution in [1.29, 1.82) is 0 Å². The lowest BCUT2D eigenvalue weighted by Gasteiger charge is -2.39. The van der Waals surface area contributed by atoms with E-state index in [-0.39, 0.29) is 17.9 Å². The van der Waals surface area contributed by atoms with Gasteiger partial charge in [-0.1, -0.05) is 40.2 Å².